The molecule has 0 amide bonds. The molecule has 1 heteroatoms. The van der Waals surface area contributed by atoms with Gasteiger partial charge < -0.3 is 5.11 Å². The Balaban J connectivity index is 1.99. The van der Waals surface area contributed by atoms with Gasteiger partial charge in [-0.3, -0.25) is 0 Å². The smallest absolute Gasteiger partial charge is 0.0736 e. The molecule has 2 atom stereocenters. The lowest BCUT2D eigenvalue weighted by molar-refractivity contribution is 0.218. The van der Waals surface area contributed by atoms with Crippen molar-refractivity contribution in [3.05, 3.63) is 77.9 Å². The molecule has 1 aliphatic rings. The van der Waals surface area contributed by atoms with Crippen molar-refractivity contribution in [3.63, 3.8) is 0 Å². The van der Waals surface area contributed by atoms with Gasteiger partial charge in [0.2, 0.25) is 0 Å². The molecule has 18 heavy (non-hydrogen) atoms. The zero-order valence-electron chi connectivity index (χ0n) is 10.2. The van der Waals surface area contributed by atoms with Crippen LogP contribution in [0.5, 0.6) is 0 Å². The molecule has 0 fully saturated rings. The van der Waals surface area contributed by atoms with Crippen LogP contribution in [0, 0.1) is 0 Å². The van der Waals surface area contributed by atoms with Crippen LogP contribution in [0.1, 0.15) is 23.5 Å². The van der Waals surface area contributed by atoms with Crippen LogP contribution >= 0.6 is 0 Å². The van der Waals surface area contributed by atoms with Crippen molar-refractivity contribution in [1.29, 1.82) is 0 Å². The van der Waals surface area contributed by atoms with Crippen molar-refractivity contribution >= 4 is 5.57 Å². The molecule has 2 aromatic rings. The highest BCUT2D eigenvalue weighted by Gasteiger charge is 2.27. The third-order valence-electron chi connectivity index (χ3n) is 3.53. The van der Waals surface area contributed by atoms with Gasteiger partial charge in [-0.25, -0.2) is 0 Å². The first-order valence-corrected chi connectivity index (χ1v) is 6.35. The SMILES string of the molecule is OC1C=C(c2ccccc2)C(c2ccccc2)C1. The van der Waals surface area contributed by atoms with Crippen LogP contribution in [0.25, 0.3) is 5.57 Å². The van der Waals surface area contributed by atoms with Crippen LogP contribution in [0.15, 0.2) is 66.7 Å². The Kier molecular flexibility index (Phi) is 2.99. The quantitative estimate of drug-likeness (QED) is 0.844. The third-order valence-corrected chi connectivity index (χ3v) is 3.53. The molecule has 3 rings (SSSR count). The molecule has 0 radical (unpaired) electrons. The van der Waals surface area contributed by atoms with Crippen molar-refractivity contribution in [3.8, 4) is 0 Å². The van der Waals surface area contributed by atoms with Gasteiger partial charge in [0.15, 0.2) is 0 Å². The van der Waals surface area contributed by atoms with E-state index in [9.17, 15) is 5.11 Å². The molecule has 90 valence electrons. The number of hydrogen-bond donors (Lipinski definition) is 1. The van der Waals surface area contributed by atoms with Gasteiger partial charge >= 0.3 is 0 Å². The molecule has 0 saturated carbocycles. The highest BCUT2D eigenvalue weighted by atomic mass is 16.3. The third kappa shape index (κ3) is 2.09. The van der Waals surface area contributed by atoms with Crippen LogP contribution < -0.4 is 0 Å². The Morgan fingerprint density at radius 1 is 0.833 bits per heavy atom. The second-order valence-corrected chi connectivity index (χ2v) is 4.75. The Morgan fingerprint density at radius 2 is 1.44 bits per heavy atom. The van der Waals surface area contributed by atoms with E-state index in [0.29, 0.717) is 5.92 Å². The fourth-order valence-electron chi connectivity index (χ4n) is 2.69. The lowest BCUT2D eigenvalue weighted by atomic mass is 9.88. The number of rotatable bonds is 2. The van der Waals surface area contributed by atoms with E-state index in [-0.39, 0.29) is 6.10 Å². The number of hydrogen-bond acceptors (Lipinski definition) is 1. The van der Waals surface area contributed by atoms with Crippen molar-refractivity contribution in [2.45, 2.75) is 18.4 Å². The van der Waals surface area contributed by atoms with Crippen LogP contribution in [0.2, 0.25) is 0 Å². The summed E-state index contributed by atoms with van der Waals surface area (Å²) in [5, 5.41) is 9.92. The first kappa shape index (κ1) is 11.2. The summed E-state index contributed by atoms with van der Waals surface area (Å²) in [5.41, 5.74) is 3.74. The van der Waals surface area contributed by atoms with Crippen LogP contribution in [-0.4, -0.2) is 11.2 Å². The summed E-state index contributed by atoms with van der Waals surface area (Å²) < 4.78 is 0. The van der Waals surface area contributed by atoms with Gasteiger partial charge in [-0.2, -0.15) is 0 Å². The first-order valence-electron chi connectivity index (χ1n) is 6.35. The maximum atomic E-state index is 9.92. The van der Waals surface area contributed by atoms with Gasteiger partial charge in [0.25, 0.3) is 0 Å². The summed E-state index contributed by atoms with van der Waals surface area (Å²) in [6, 6.07) is 20.8. The number of allylic oxidation sites excluding steroid dienone is 1. The van der Waals surface area contributed by atoms with Crippen LogP contribution in [0.4, 0.5) is 0 Å². The summed E-state index contributed by atoms with van der Waals surface area (Å²) >= 11 is 0. The summed E-state index contributed by atoms with van der Waals surface area (Å²) in [4.78, 5) is 0. The Hall–Kier alpha value is -1.86. The largest absolute Gasteiger partial charge is 0.389 e. The van der Waals surface area contributed by atoms with E-state index in [4.69, 9.17) is 0 Å². The molecule has 1 N–H and O–H groups in total. The normalized spacial score (nSPS) is 22.8. The van der Waals surface area contributed by atoms with E-state index in [0.717, 1.165) is 6.42 Å². The number of benzene rings is 2. The highest BCUT2D eigenvalue weighted by Crippen LogP contribution is 2.40. The number of aliphatic hydroxyl groups excluding tert-OH is 1. The standard InChI is InChI=1S/C17H16O/c18-15-11-16(13-7-3-1-4-8-13)17(12-15)14-9-5-2-6-10-14/h1-11,15,17-18H,12H2. The number of aliphatic hydroxyl groups is 1. The Labute approximate surface area is 107 Å². The van der Waals surface area contributed by atoms with Crippen LogP contribution in [0.3, 0.4) is 0 Å². The topological polar surface area (TPSA) is 20.2 Å². The minimum Gasteiger partial charge on any atom is -0.389 e. The van der Waals surface area contributed by atoms with Gasteiger partial charge in [0, 0.05) is 5.92 Å². The van der Waals surface area contributed by atoms with Crippen molar-refractivity contribution in [2.24, 2.45) is 0 Å². The predicted molar refractivity (Wildman–Crippen MR) is 74.2 cm³/mol. The van der Waals surface area contributed by atoms with Crippen molar-refractivity contribution < 1.29 is 5.11 Å². The molecule has 2 unspecified atom stereocenters. The van der Waals surface area contributed by atoms with Crippen molar-refractivity contribution in [2.75, 3.05) is 0 Å². The molecule has 1 aliphatic carbocycles. The van der Waals surface area contributed by atoms with Crippen molar-refractivity contribution in [1.82, 2.24) is 0 Å². The zero-order chi connectivity index (χ0) is 12.4. The average Bonchev–Trinajstić information content (AvgIpc) is 2.83. The molecule has 0 saturated heterocycles. The first-order chi connectivity index (χ1) is 8.84. The van der Waals surface area contributed by atoms with E-state index in [1.807, 2.05) is 30.3 Å². The molecular formula is C17H16O. The van der Waals surface area contributed by atoms with E-state index < -0.39 is 0 Å². The Bertz CT molecular complexity index is 542. The molecule has 0 spiro atoms. The molecule has 0 heterocycles. The van der Waals surface area contributed by atoms with Gasteiger partial charge in [-0.1, -0.05) is 66.7 Å². The van der Waals surface area contributed by atoms with Crippen LogP contribution in [-0.2, 0) is 0 Å². The summed E-state index contributed by atoms with van der Waals surface area (Å²) in [5.74, 6) is 0.309. The second kappa shape index (κ2) is 4.79. The van der Waals surface area contributed by atoms with Gasteiger partial charge in [-0.05, 0) is 23.1 Å². The zero-order valence-corrected chi connectivity index (χ0v) is 10.2. The maximum absolute atomic E-state index is 9.92. The summed E-state index contributed by atoms with van der Waals surface area (Å²) in [7, 11) is 0. The Morgan fingerprint density at radius 3 is 2.11 bits per heavy atom. The lowest BCUT2D eigenvalue weighted by Gasteiger charge is -2.15. The molecule has 0 bridgehead atoms. The summed E-state index contributed by atoms with van der Waals surface area (Å²) in [6.07, 6.45) is 2.45. The molecule has 2 aromatic carbocycles. The molecule has 1 nitrogen and oxygen atoms in total. The fraction of sp³-hybridized carbons (Fsp3) is 0.176. The molecular weight excluding hydrogens is 220 g/mol. The van der Waals surface area contributed by atoms with E-state index in [2.05, 4.69) is 36.4 Å². The molecule has 0 aromatic heterocycles. The second-order valence-electron chi connectivity index (χ2n) is 4.75. The fourth-order valence-corrected chi connectivity index (χ4v) is 2.69. The minimum atomic E-state index is -0.328. The molecule has 0 aliphatic heterocycles. The summed E-state index contributed by atoms with van der Waals surface area (Å²) in [6.45, 7) is 0. The van der Waals surface area contributed by atoms with E-state index in [1.54, 1.807) is 0 Å². The van der Waals surface area contributed by atoms with Gasteiger partial charge in [-0.15, -0.1) is 0 Å². The monoisotopic (exact) mass is 236 g/mol. The average molecular weight is 236 g/mol. The maximum Gasteiger partial charge on any atom is 0.0736 e. The van der Waals surface area contributed by atoms with Gasteiger partial charge in [0.1, 0.15) is 0 Å². The highest BCUT2D eigenvalue weighted by molar-refractivity contribution is 5.74. The van der Waals surface area contributed by atoms with E-state index in [1.165, 1.54) is 16.7 Å². The van der Waals surface area contributed by atoms with E-state index >= 15 is 0 Å². The minimum absolute atomic E-state index is 0.309. The lowest BCUT2D eigenvalue weighted by Crippen LogP contribution is -2.02. The predicted octanol–water partition coefficient (Wildman–Crippen LogP) is 3.62. The van der Waals surface area contributed by atoms with Gasteiger partial charge in [0.05, 0.1) is 6.10 Å².